The van der Waals surface area contributed by atoms with Crippen molar-refractivity contribution in [3.63, 3.8) is 0 Å². The molecule has 0 aliphatic rings. The quantitative estimate of drug-likeness (QED) is 0.694. The number of hydrogen-bond donors (Lipinski definition) is 2. The summed E-state index contributed by atoms with van der Waals surface area (Å²) in [7, 11) is 0. The fraction of sp³-hybridized carbons (Fsp3) is 0.600. The van der Waals surface area contributed by atoms with Crippen LogP contribution in [0.1, 0.15) is 34.1 Å². The molecular formula is C10H17ClO2. The van der Waals surface area contributed by atoms with Crippen molar-refractivity contribution in [2.24, 2.45) is 0 Å². The molecule has 0 radical (unpaired) electrons. The SMILES string of the molecule is CC(C)=C(O)CC(O)C(Cl)=C(C)C. The van der Waals surface area contributed by atoms with E-state index >= 15 is 0 Å². The van der Waals surface area contributed by atoms with E-state index in [0.717, 1.165) is 11.1 Å². The monoisotopic (exact) mass is 204 g/mol. The molecule has 13 heavy (non-hydrogen) atoms. The third-order valence-electron chi connectivity index (χ3n) is 1.73. The van der Waals surface area contributed by atoms with Crippen molar-refractivity contribution in [1.29, 1.82) is 0 Å². The van der Waals surface area contributed by atoms with Gasteiger partial charge in [0.2, 0.25) is 0 Å². The maximum atomic E-state index is 9.52. The van der Waals surface area contributed by atoms with Gasteiger partial charge in [0, 0.05) is 11.5 Å². The van der Waals surface area contributed by atoms with Crippen molar-refractivity contribution in [2.75, 3.05) is 0 Å². The van der Waals surface area contributed by atoms with E-state index in [9.17, 15) is 10.2 Å². The van der Waals surface area contributed by atoms with Crippen LogP contribution in [0.4, 0.5) is 0 Å². The Labute approximate surface area is 84.5 Å². The molecule has 1 atom stereocenters. The number of aliphatic hydroxyl groups is 2. The van der Waals surface area contributed by atoms with E-state index in [1.54, 1.807) is 13.8 Å². The molecule has 0 aliphatic heterocycles. The van der Waals surface area contributed by atoms with Gasteiger partial charge in [0.15, 0.2) is 0 Å². The first-order valence-corrected chi connectivity index (χ1v) is 4.60. The lowest BCUT2D eigenvalue weighted by Gasteiger charge is -2.11. The smallest absolute Gasteiger partial charge is 0.0964 e. The van der Waals surface area contributed by atoms with Gasteiger partial charge in [0.25, 0.3) is 0 Å². The number of rotatable bonds is 3. The summed E-state index contributed by atoms with van der Waals surface area (Å²) in [6, 6.07) is 0. The molecule has 3 heteroatoms. The van der Waals surface area contributed by atoms with Crippen LogP contribution in [0.5, 0.6) is 0 Å². The zero-order valence-corrected chi connectivity index (χ0v) is 9.31. The van der Waals surface area contributed by atoms with E-state index in [4.69, 9.17) is 11.6 Å². The molecule has 0 rings (SSSR count). The molecule has 2 N–H and O–H groups in total. The Hall–Kier alpha value is -0.470. The van der Waals surface area contributed by atoms with Gasteiger partial charge in [-0.05, 0) is 33.3 Å². The molecule has 2 nitrogen and oxygen atoms in total. The van der Waals surface area contributed by atoms with Gasteiger partial charge in [-0.3, -0.25) is 0 Å². The molecule has 0 saturated carbocycles. The predicted octanol–water partition coefficient (Wildman–Crippen LogP) is 3.12. The summed E-state index contributed by atoms with van der Waals surface area (Å²) < 4.78 is 0. The minimum atomic E-state index is -0.790. The third-order valence-corrected chi connectivity index (χ3v) is 2.36. The zero-order chi connectivity index (χ0) is 10.6. The average Bonchev–Trinajstić information content (AvgIpc) is 2.02. The van der Waals surface area contributed by atoms with Gasteiger partial charge in [-0.2, -0.15) is 0 Å². The van der Waals surface area contributed by atoms with Gasteiger partial charge in [-0.1, -0.05) is 17.2 Å². The van der Waals surface area contributed by atoms with E-state index in [2.05, 4.69) is 0 Å². The Kier molecular flexibility index (Phi) is 5.11. The Morgan fingerprint density at radius 1 is 1.15 bits per heavy atom. The molecule has 0 aromatic carbocycles. The second-order valence-corrected chi connectivity index (χ2v) is 3.92. The molecule has 0 aliphatic carbocycles. The Bertz CT molecular complexity index is 233. The topological polar surface area (TPSA) is 40.5 Å². The Morgan fingerprint density at radius 3 is 1.92 bits per heavy atom. The lowest BCUT2D eigenvalue weighted by molar-refractivity contribution is 0.196. The van der Waals surface area contributed by atoms with Gasteiger partial charge in [-0.15, -0.1) is 0 Å². The van der Waals surface area contributed by atoms with Crippen molar-refractivity contribution in [3.8, 4) is 0 Å². The lowest BCUT2D eigenvalue weighted by Crippen LogP contribution is -2.09. The van der Waals surface area contributed by atoms with Gasteiger partial charge < -0.3 is 10.2 Å². The van der Waals surface area contributed by atoms with Crippen molar-refractivity contribution < 1.29 is 10.2 Å². The minimum Gasteiger partial charge on any atom is -0.512 e. The summed E-state index contributed by atoms with van der Waals surface area (Å²) in [5.41, 5.74) is 1.67. The summed E-state index contributed by atoms with van der Waals surface area (Å²) in [6.45, 7) is 7.23. The predicted molar refractivity (Wildman–Crippen MR) is 55.9 cm³/mol. The van der Waals surface area contributed by atoms with Gasteiger partial charge in [0.1, 0.15) is 0 Å². The van der Waals surface area contributed by atoms with Crippen LogP contribution in [0.25, 0.3) is 0 Å². The fourth-order valence-electron chi connectivity index (χ4n) is 0.810. The summed E-state index contributed by atoms with van der Waals surface area (Å²) in [6.07, 6.45) is -0.603. The summed E-state index contributed by atoms with van der Waals surface area (Å²) in [5, 5.41) is 19.3. The molecular weight excluding hydrogens is 188 g/mol. The average molecular weight is 205 g/mol. The van der Waals surface area contributed by atoms with Crippen LogP contribution >= 0.6 is 11.6 Å². The van der Waals surface area contributed by atoms with Gasteiger partial charge in [-0.25, -0.2) is 0 Å². The normalized spacial score (nSPS) is 12.2. The maximum Gasteiger partial charge on any atom is 0.0964 e. The van der Waals surface area contributed by atoms with Crippen molar-refractivity contribution in [1.82, 2.24) is 0 Å². The molecule has 76 valence electrons. The second-order valence-electron chi connectivity index (χ2n) is 3.51. The summed E-state index contributed by atoms with van der Waals surface area (Å²) in [5.74, 6) is 0.201. The first-order chi connectivity index (χ1) is 5.86. The molecule has 0 heterocycles. The van der Waals surface area contributed by atoms with Crippen LogP contribution in [0.15, 0.2) is 21.9 Å². The van der Waals surface area contributed by atoms with E-state index in [1.165, 1.54) is 0 Å². The molecule has 0 fully saturated rings. The number of allylic oxidation sites excluding steroid dienone is 2. The van der Waals surface area contributed by atoms with Crippen molar-refractivity contribution >= 4 is 11.6 Å². The van der Waals surface area contributed by atoms with Crippen LogP contribution < -0.4 is 0 Å². The highest BCUT2D eigenvalue weighted by Crippen LogP contribution is 2.19. The zero-order valence-electron chi connectivity index (χ0n) is 8.56. The molecule has 0 bridgehead atoms. The Morgan fingerprint density at radius 2 is 1.62 bits per heavy atom. The first-order valence-electron chi connectivity index (χ1n) is 4.22. The minimum absolute atomic E-state index is 0.187. The molecule has 0 amide bonds. The van der Waals surface area contributed by atoms with E-state index in [1.807, 2.05) is 13.8 Å². The van der Waals surface area contributed by atoms with Crippen LogP contribution in [0, 0.1) is 0 Å². The third kappa shape index (κ3) is 4.34. The summed E-state index contributed by atoms with van der Waals surface area (Å²) in [4.78, 5) is 0. The maximum absolute atomic E-state index is 9.52. The highest BCUT2D eigenvalue weighted by atomic mass is 35.5. The van der Waals surface area contributed by atoms with Gasteiger partial charge >= 0.3 is 0 Å². The van der Waals surface area contributed by atoms with Crippen molar-refractivity contribution in [3.05, 3.63) is 21.9 Å². The van der Waals surface area contributed by atoms with Crippen molar-refractivity contribution in [2.45, 2.75) is 40.2 Å². The second kappa shape index (κ2) is 5.30. The molecule has 0 aromatic rings. The number of aliphatic hydroxyl groups excluding tert-OH is 2. The number of halogens is 1. The molecule has 0 aromatic heterocycles. The first kappa shape index (κ1) is 12.5. The van der Waals surface area contributed by atoms with Crippen LogP contribution in [0.3, 0.4) is 0 Å². The summed E-state index contributed by atoms with van der Waals surface area (Å²) >= 11 is 5.81. The highest BCUT2D eigenvalue weighted by Gasteiger charge is 2.12. The fourth-order valence-corrected chi connectivity index (χ4v) is 0.887. The highest BCUT2D eigenvalue weighted by molar-refractivity contribution is 6.30. The number of hydrogen-bond acceptors (Lipinski definition) is 2. The standard InChI is InChI=1S/C10H17ClO2/c1-6(2)8(12)5-9(13)10(11)7(3)4/h9,12-13H,5H2,1-4H3. The molecule has 1 unspecified atom stereocenters. The van der Waals surface area contributed by atoms with E-state index in [0.29, 0.717) is 5.03 Å². The lowest BCUT2D eigenvalue weighted by atomic mass is 10.1. The van der Waals surface area contributed by atoms with Crippen LogP contribution in [-0.2, 0) is 0 Å². The van der Waals surface area contributed by atoms with Crippen LogP contribution in [0.2, 0.25) is 0 Å². The molecule has 0 saturated heterocycles. The largest absolute Gasteiger partial charge is 0.512 e. The molecule has 0 spiro atoms. The van der Waals surface area contributed by atoms with E-state index in [-0.39, 0.29) is 12.2 Å². The van der Waals surface area contributed by atoms with Gasteiger partial charge in [0.05, 0.1) is 11.9 Å². The van der Waals surface area contributed by atoms with Crippen LogP contribution in [-0.4, -0.2) is 16.3 Å². The van der Waals surface area contributed by atoms with E-state index < -0.39 is 6.10 Å². The Balaban J connectivity index is 4.42.